The van der Waals surface area contributed by atoms with Crippen LogP contribution in [0.2, 0.25) is 0 Å². The highest BCUT2D eigenvalue weighted by Crippen LogP contribution is 2.15. The molecule has 0 saturated carbocycles. The van der Waals surface area contributed by atoms with Gasteiger partial charge in [0, 0.05) is 16.7 Å². The number of Topliss-reactive ketones (excluding diaryl/α,β-unsaturated/α-hetero) is 2. The molecule has 0 aliphatic carbocycles. The molecule has 0 atom stereocenters. The average molecular weight is 339 g/mol. The molecule has 1 amide bonds. The second kappa shape index (κ2) is 7.75. The minimum Gasteiger partial charge on any atom is -0.410 e. The van der Waals surface area contributed by atoms with E-state index < -0.39 is 11.6 Å². The van der Waals surface area contributed by atoms with Crippen molar-refractivity contribution in [3.63, 3.8) is 0 Å². The predicted molar refractivity (Wildman–Crippen MR) is 95.1 cm³/mol. The van der Waals surface area contributed by atoms with Crippen LogP contribution >= 0.6 is 0 Å². The lowest BCUT2D eigenvalue weighted by Gasteiger charge is -2.19. The van der Waals surface area contributed by atoms with E-state index in [-0.39, 0.29) is 18.0 Å². The topological polar surface area (TPSA) is 72.5 Å². The highest BCUT2D eigenvalue weighted by atomic mass is 16.6. The van der Waals surface area contributed by atoms with Gasteiger partial charge in [-0.2, -0.15) is 0 Å². The molecule has 2 aromatic rings. The number of benzene rings is 2. The van der Waals surface area contributed by atoms with Crippen molar-refractivity contribution in [1.29, 1.82) is 0 Å². The third-order valence-electron chi connectivity index (χ3n) is 3.28. The first-order chi connectivity index (χ1) is 11.7. The first-order valence-electron chi connectivity index (χ1n) is 7.96. The summed E-state index contributed by atoms with van der Waals surface area (Å²) in [7, 11) is 0. The molecular weight excluding hydrogens is 318 g/mol. The molecule has 5 nitrogen and oxygen atoms in total. The first kappa shape index (κ1) is 18.4. The Morgan fingerprint density at radius 1 is 0.840 bits per heavy atom. The van der Waals surface area contributed by atoms with Crippen LogP contribution in [0.3, 0.4) is 0 Å². The number of carbonyl (C=O) groups excluding carboxylic acids is 3. The Kier molecular flexibility index (Phi) is 5.70. The summed E-state index contributed by atoms with van der Waals surface area (Å²) >= 11 is 0. The summed E-state index contributed by atoms with van der Waals surface area (Å²) in [5, 5.41) is 2.68. The van der Waals surface area contributed by atoms with Gasteiger partial charge >= 0.3 is 6.09 Å². The molecule has 2 rings (SSSR count). The van der Waals surface area contributed by atoms with Crippen LogP contribution in [-0.4, -0.2) is 23.2 Å². The van der Waals surface area contributed by atoms with Crippen molar-refractivity contribution >= 4 is 17.7 Å². The molecular formula is C20H21NO4. The number of amides is 1. The second-order valence-electron chi connectivity index (χ2n) is 6.68. The minimum atomic E-state index is -0.564. The van der Waals surface area contributed by atoms with E-state index in [4.69, 9.17) is 4.74 Å². The zero-order chi connectivity index (χ0) is 18.4. The van der Waals surface area contributed by atoms with E-state index in [1.807, 2.05) is 26.8 Å². The summed E-state index contributed by atoms with van der Waals surface area (Å²) in [6, 6.07) is 14.8. The molecule has 5 heteroatoms. The molecule has 25 heavy (non-hydrogen) atoms. The molecule has 0 unspecified atom stereocenters. The second-order valence-corrected chi connectivity index (χ2v) is 6.68. The predicted octanol–water partition coefficient (Wildman–Crippen LogP) is 4.03. The van der Waals surface area contributed by atoms with Crippen molar-refractivity contribution in [1.82, 2.24) is 5.32 Å². The molecule has 0 radical (unpaired) electrons. The Morgan fingerprint density at radius 3 is 1.88 bits per heavy atom. The van der Waals surface area contributed by atoms with Crippen LogP contribution in [0.4, 0.5) is 4.79 Å². The maximum absolute atomic E-state index is 12.2. The number of hydrogen-bond acceptors (Lipinski definition) is 4. The highest BCUT2D eigenvalue weighted by Gasteiger charge is 2.16. The van der Waals surface area contributed by atoms with Crippen LogP contribution in [0.25, 0.3) is 0 Å². The molecule has 0 bridgehead atoms. The van der Waals surface area contributed by atoms with Crippen molar-refractivity contribution in [2.45, 2.75) is 32.7 Å². The van der Waals surface area contributed by atoms with Gasteiger partial charge in [0.05, 0.1) is 6.42 Å². The van der Waals surface area contributed by atoms with Crippen LogP contribution in [0, 0.1) is 0 Å². The van der Waals surface area contributed by atoms with Crippen LogP contribution in [0.1, 0.15) is 47.9 Å². The van der Waals surface area contributed by atoms with Crippen molar-refractivity contribution in [3.8, 4) is 5.75 Å². The SMILES string of the molecule is CC(C)(C)NC(=O)Oc1ccc(C(=O)CC(=O)c2ccccc2)cc1. The van der Waals surface area contributed by atoms with Crippen LogP contribution in [-0.2, 0) is 0 Å². The third kappa shape index (κ3) is 5.88. The van der Waals surface area contributed by atoms with Gasteiger partial charge in [-0.3, -0.25) is 9.59 Å². The number of carbonyl (C=O) groups is 3. The van der Waals surface area contributed by atoms with Crippen molar-refractivity contribution in [2.24, 2.45) is 0 Å². The normalized spacial score (nSPS) is 10.8. The van der Waals surface area contributed by atoms with Gasteiger partial charge in [0.2, 0.25) is 0 Å². The van der Waals surface area contributed by atoms with Gasteiger partial charge in [-0.05, 0) is 45.0 Å². The van der Waals surface area contributed by atoms with Gasteiger partial charge in [-0.15, -0.1) is 0 Å². The number of ether oxygens (including phenoxy) is 1. The third-order valence-corrected chi connectivity index (χ3v) is 3.28. The summed E-state index contributed by atoms with van der Waals surface area (Å²) in [5.41, 5.74) is 0.507. The summed E-state index contributed by atoms with van der Waals surface area (Å²) in [4.78, 5) is 36.0. The van der Waals surface area contributed by atoms with E-state index in [2.05, 4.69) is 5.32 Å². The van der Waals surface area contributed by atoms with Gasteiger partial charge in [0.15, 0.2) is 11.6 Å². The monoisotopic (exact) mass is 339 g/mol. The molecule has 2 aromatic carbocycles. The van der Waals surface area contributed by atoms with Crippen LogP contribution < -0.4 is 10.1 Å². The fourth-order valence-corrected chi connectivity index (χ4v) is 2.12. The number of nitrogens with one attached hydrogen (secondary N) is 1. The largest absolute Gasteiger partial charge is 0.413 e. The molecule has 0 aliphatic rings. The highest BCUT2D eigenvalue weighted by molar-refractivity contribution is 6.13. The van der Waals surface area contributed by atoms with E-state index in [0.717, 1.165) is 0 Å². The molecule has 0 spiro atoms. The van der Waals surface area contributed by atoms with E-state index >= 15 is 0 Å². The fraction of sp³-hybridized carbons (Fsp3) is 0.250. The molecule has 0 aromatic heterocycles. The zero-order valence-electron chi connectivity index (χ0n) is 14.5. The Morgan fingerprint density at radius 2 is 1.36 bits per heavy atom. The summed E-state index contributed by atoms with van der Waals surface area (Å²) < 4.78 is 5.15. The van der Waals surface area contributed by atoms with Gasteiger partial charge < -0.3 is 10.1 Å². The van der Waals surface area contributed by atoms with Crippen LogP contribution in [0.15, 0.2) is 54.6 Å². The lowest BCUT2D eigenvalue weighted by Crippen LogP contribution is -2.42. The van der Waals surface area contributed by atoms with Crippen LogP contribution in [0.5, 0.6) is 5.75 Å². The number of hydrogen-bond donors (Lipinski definition) is 1. The first-order valence-corrected chi connectivity index (χ1v) is 7.96. The maximum atomic E-state index is 12.2. The lowest BCUT2D eigenvalue weighted by atomic mass is 10.0. The van der Waals surface area contributed by atoms with Gasteiger partial charge in [-0.25, -0.2) is 4.79 Å². The van der Waals surface area contributed by atoms with Gasteiger partial charge in [0.1, 0.15) is 5.75 Å². The standard InChI is InChI=1S/C20H21NO4/c1-20(2,3)21-19(24)25-16-11-9-15(10-12-16)18(23)13-17(22)14-7-5-4-6-8-14/h4-12H,13H2,1-3H3,(H,21,24). The number of rotatable bonds is 5. The van der Waals surface area contributed by atoms with E-state index in [1.165, 1.54) is 12.1 Å². The fourth-order valence-electron chi connectivity index (χ4n) is 2.12. The lowest BCUT2D eigenvalue weighted by molar-refractivity contribution is 0.0894. The Balaban J connectivity index is 1.96. The molecule has 0 heterocycles. The van der Waals surface area contributed by atoms with Gasteiger partial charge in [-0.1, -0.05) is 30.3 Å². The molecule has 130 valence electrons. The Bertz CT molecular complexity index is 759. The van der Waals surface area contributed by atoms with Crippen molar-refractivity contribution in [3.05, 3.63) is 65.7 Å². The molecule has 0 fully saturated rings. The summed E-state index contributed by atoms with van der Waals surface area (Å²) in [6.45, 7) is 5.54. The Labute approximate surface area is 147 Å². The molecule has 0 saturated heterocycles. The van der Waals surface area contributed by atoms with E-state index in [1.54, 1.807) is 36.4 Å². The summed E-state index contributed by atoms with van der Waals surface area (Å²) in [5.74, 6) is -0.178. The minimum absolute atomic E-state index is 0.200. The quantitative estimate of drug-likeness (QED) is 0.659. The van der Waals surface area contributed by atoms with E-state index in [0.29, 0.717) is 16.9 Å². The van der Waals surface area contributed by atoms with Gasteiger partial charge in [0.25, 0.3) is 0 Å². The average Bonchev–Trinajstić information content (AvgIpc) is 2.54. The van der Waals surface area contributed by atoms with Crippen molar-refractivity contribution in [2.75, 3.05) is 0 Å². The maximum Gasteiger partial charge on any atom is 0.413 e. The van der Waals surface area contributed by atoms with E-state index in [9.17, 15) is 14.4 Å². The number of ketones is 2. The Hall–Kier alpha value is -2.95. The summed E-state index contributed by atoms with van der Waals surface area (Å²) in [6.07, 6.45) is -0.764. The molecule has 1 N–H and O–H groups in total. The van der Waals surface area contributed by atoms with Crippen molar-refractivity contribution < 1.29 is 19.1 Å². The zero-order valence-corrected chi connectivity index (χ0v) is 14.5. The molecule has 0 aliphatic heterocycles. The smallest absolute Gasteiger partial charge is 0.410 e.